The summed E-state index contributed by atoms with van der Waals surface area (Å²) in [6.45, 7) is 1.35. The van der Waals surface area contributed by atoms with Crippen LogP contribution >= 0.6 is 0 Å². The van der Waals surface area contributed by atoms with Crippen LogP contribution in [0.3, 0.4) is 0 Å². The van der Waals surface area contributed by atoms with E-state index in [0.717, 1.165) is 0 Å². The molecule has 0 unspecified atom stereocenters. The molecular weight excluding hydrogens is 244 g/mol. The van der Waals surface area contributed by atoms with Gasteiger partial charge in [-0.2, -0.15) is 0 Å². The van der Waals surface area contributed by atoms with Crippen molar-refractivity contribution in [2.24, 2.45) is 0 Å². The molecule has 1 N–H and O–H groups in total. The van der Waals surface area contributed by atoms with Gasteiger partial charge in [0.05, 0.1) is 33.1 Å². The van der Waals surface area contributed by atoms with Crippen molar-refractivity contribution in [3.8, 4) is 0 Å². The van der Waals surface area contributed by atoms with E-state index in [1.54, 1.807) is 31.1 Å². The van der Waals surface area contributed by atoms with Gasteiger partial charge in [0.15, 0.2) is 5.78 Å². The van der Waals surface area contributed by atoms with Crippen molar-refractivity contribution in [1.29, 1.82) is 0 Å². The van der Waals surface area contributed by atoms with E-state index in [1.807, 2.05) is 26.4 Å². The molecule has 0 aliphatic carbocycles. The normalized spacial score (nSPS) is 13.0. The molecule has 5 nitrogen and oxygen atoms in total. The Morgan fingerprint density at radius 1 is 1.16 bits per heavy atom. The Morgan fingerprint density at radius 2 is 1.74 bits per heavy atom. The van der Waals surface area contributed by atoms with Gasteiger partial charge in [0.25, 0.3) is 0 Å². The number of quaternary nitrogens is 1. The number of hydrogen-bond acceptors (Lipinski definition) is 4. The topological polar surface area (TPSA) is 51.1 Å². The number of carbonyl (C=O) groups excluding carboxylic acids is 2. The standard InChI is InChI=1S/C14H22N2O3/c1-11(17)13(14(18)19-6)12(16(4)5)9-7-8-10-15(2)3/h7-10H,1-6H3/p+1/b9-7+,10-8+,13-12+. The van der Waals surface area contributed by atoms with Gasteiger partial charge in [0.2, 0.25) is 0 Å². The third kappa shape index (κ3) is 6.01. The highest BCUT2D eigenvalue weighted by Gasteiger charge is 2.20. The Kier molecular flexibility index (Phi) is 7.44. The van der Waals surface area contributed by atoms with Crippen LogP contribution in [0.1, 0.15) is 6.92 Å². The van der Waals surface area contributed by atoms with Crippen molar-refractivity contribution < 1.29 is 19.2 Å². The molecule has 0 aromatic rings. The van der Waals surface area contributed by atoms with Crippen molar-refractivity contribution in [1.82, 2.24) is 4.90 Å². The predicted molar refractivity (Wildman–Crippen MR) is 74.5 cm³/mol. The molecule has 0 bridgehead atoms. The van der Waals surface area contributed by atoms with Gasteiger partial charge in [-0.3, -0.25) is 4.79 Å². The number of methoxy groups -OCH3 is 1. The maximum absolute atomic E-state index is 11.7. The summed E-state index contributed by atoms with van der Waals surface area (Å²) in [6, 6.07) is 0. The van der Waals surface area contributed by atoms with Crippen LogP contribution in [0.5, 0.6) is 0 Å². The first-order valence-corrected chi connectivity index (χ1v) is 5.97. The van der Waals surface area contributed by atoms with Gasteiger partial charge in [0.1, 0.15) is 5.57 Å². The Balaban J connectivity index is 5.47. The first-order chi connectivity index (χ1) is 8.81. The number of rotatable bonds is 6. The molecule has 0 aromatic heterocycles. The average molecular weight is 267 g/mol. The molecule has 0 heterocycles. The molecule has 0 rings (SSSR count). The summed E-state index contributed by atoms with van der Waals surface area (Å²) >= 11 is 0. The lowest BCUT2D eigenvalue weighted by Gasteiger charge is -2.16. The smallest absolute Gasteiger partial charge is 0.343 e. The minimum absolute atomic E-state index is 0.0503. The minimum Gasteiger partial charge on any atom is -0.465 e. The number of carbonyl (C=O) groups is 2. The van der Waals surface area contributed by atoms with Crippen LogP contribution in [0.25, 0.3) is 0 Å². The predicted octanol–water partition coefficient (Wildman–Crippen LogP) is -0.221. The van der Waals surface area contributed by atoms with Crippen LogP contribution in [-0.4, -0.2) is 52.0 Å². The Bertz CT molecular complexity index is 418. The first kappa shape index (κ1) is 17.1. The van der Waals surface area contributed by atoms with Crippen molar-refractivity contribution in [3.05, 3.63) is 35.7 Å². The van der Waals surface area contributed by atoms with Crippen LogP contribution in [0.15, 0.2) is 35.7 Å². The lowest BCUT2D eigenvalue weighted by atomic mass is 10.1. The van der Waals surface area contributed by atoms with Crippen molar-refractivity contribution in [2.45, 2.75) is 6.92 Å². The van der Waals surface area contributed by atoms with Gasteiger partial charge in [0, 0.05) is 14.1 Å². The van der Waals surface area contributed by atoms with E-state index in [-0.39, 0.29) is 11.4 Å². The van der Waals surface area contributed by atoms with Crippen LogP contribution in [0.4, 0.5) is 0 Å². The molecule has 0 aliphatic rings. The van der Waals surface area contributed by atoms with Gasteiger partial charge < -0.3 is 14.5 Å². The summed E-state index contributed by atoms with van der Waals surface area (Å²) in [5.41, 5.74) is 0.576. The zero-order valence-electron chi connectivity index (χ0n) is 12.5. The molecule has 0 aliphatic heterocycles. The molecule has 106 valence electrons. The number of Topliss-reactive ketones (excluding diaryl/α,β-unsaturated/α-hetero) is 1. The SMILES string of the molecule is COC(=O)\C(C(C)=O)=C(/C=C/C=C/[NH+](C)C)N(C)C. The third-order valence-electron chi connectivity index (χ3n) is 2.27. The number of hydrogen-bond donors (Lipinski definition) is 1. The Hall–Kier alpha value is -1.88. The van der Waals surface area contributed by atoms with E-state index in [0.29, 0.717) is 5.70 Å². The summed E-state index contributed by atoms with van der Waals surface area (Å²) in [5.74, 6) is -0.939. The number of likely N-dealkylation sites (N-methyl/N-ethyl adjacent to an activating group) is 1. The molecular formula is C14H23N2O3+. The zero-order chi connectivity index (χ0) is 15.0. The van der Waals surface area contributed by atoms with Gasteiger partial charge in [-0.15, -0.1) is 0 Å². The van der Waals surface area contributed by atoms with Crippen molar-refractivity contribution >= 4 is 11.8 Å². The van der Waals surface area contributed by atoms with Gasteiger partial charge in [-0.25, -0.2) is 4.79 Å². The van der Waals surface area contributed by atoms with E-state index >= 15 is 0 Å². The van der Waals surface area contributed by atoms with E-state index in [9.17, 15) is 9.59 Å². The second-order valence-electron chi connectivity index (χ2n) is 4.50. The van der Waals surface area contributed by atoms with E-state index in [2.05, 4.69) is 4.74 Å². The minimum atomic E-state index is -0.622. The molecule has 0 saturated heterocycles. The number of ketones is 1. The fraction of sp³-hybridized carbons (Fsp3) is 0.429. The quantitative estimate of drug-likeness (QED) is 0.238. The molecule has 0 saturated carbocycles. The number of esters is 1. The maximum Gasteiger partial charge on any atom is 0.343 e. The number of nitrogens with one attached hydrogen (secondary N) is 1. The fourth-order valence-corrected chi connectivity index (χ4v) is 1.38. The summed E-state index contributed by atoms with van der Waals surface area (Å²) in [7, 11) is 8.78. The molecule has 5 heteroatoms. The largest absolute Gasteiger partial charge is 0.465 e. The molecule has 0 atom stereocenters. The van der Waals surface area contributed by atoms with Gasteiger partial charge in [-0.1, -0.05) is 6.08 Å². The fourth-order valence-electron chi connectivity index (χ4n) is 1.38. The molecule has 0 amide bonds. The zero-order valence-corrected chi connectivity index (χ0v) is 12.5. The van der Waals surface area contributed by atoms with E-state index in [1.165, 1.54) is 18.9 Å². The summed E-state index contributed by atoms with van der Waals surface area (Å²) in [5, 5.41) is 0. The molecule has 0 fully saturated rings. The Morgan fingerprint density at radius 3 is 2.11 bits per heavy atom. The lowest BCUT2D eigenvalue weighted by Crippen LogP contribution is -3.00. The monoisotopic (exact) mass is 267 g/mol. The average Bonchev–Trinajstić information content (AvgIpc) is 2.30. The van der Waals surface area contributed by atoms with Crippen LogP contribution in [0.2, 0.25) is 0 Å². The van der Waals surface area contributed by atoms with Crippen molar-refractivity contribution in [3.63, 3.8) is 0 Å². The summed E-state index contributed by atoms with van der Waals surface area (Å²) < 4.78 is 4.65. The van der Waals surface area contributed by atoms with E-state index in [4.69, 9.17) is 0 Å². The van der Waals surface area contributed by atoms with Crippen LogP contribution < -0.4 is 4.90 Å². The highest BCUT2D eigenvalue weighted by molar-refractivity contribution is 6.17. The van der Waals surface area contributed by atoms with Crippen LogP contribution in [-0.2, 0) is 14.3 Å². The van der Waals surface area contributed by atoms with Gasteiger partial charge in [-0.05, 0) is 19.1 Å². The van der Waals surface area contributed by atoms with Gasteiger partial charge >= 0.3 is 5.97 Å². The molecule has 0 aromatic carbocycles. The first-order valence-electron chi connectivity index (χ1n) is 5.97. The molecule has 0 radical (unpaired) electrons. The number of allylic oxidation sites excluding steroid dienone is 3. The van der Waals surface area contributed by atoms with E-state index < -0.39 is 5.97 Å². The summed E-state index contributed by atoms with van der Waals surface area (Å²) in [4.78, 5) is 26.1. The second-order valence-corrected chi connectivity index (χ2v) is 4.50. The molecule has 19 heavy (non-hydrogen) atoms. The Labute approximate surface area is 114 Å². The maximum atomic E-state index is 11.7. The van der Waals surface area contributed by atoms with Crippen molar-refractivity contribution in [2.75, 3.05) is 35.3 Å². The van der Waals surface area contributed by atoms with Crippen LogP contribution in [0, 0.1) is 0 Å². The molecule has 0 spiro atoms. The summed E-state index contributed by atoms with van der Waals surface area (Å²) in [6.07, 6.45) is 7.30. The number of ether oxygens (including phenoxy) is 1. The second kappa shape index (κ2) is 8.26. The third-order valence-corrected chi connectivity index (χ3v) is 2.27. The highest BCUT2D eigenvalue weighted by Crippen LogP contribution is 2.12. The number of nitrogens with zero attached hydrogens (tertiary/aromatic N) is 1. The lowest BCUT2D eigenvalue weighted by molar-refractivity contribution is -0.801. The highest BCUT2D eigenvalue weighted by atomic mass is 16.5.